The van der Waals surface area contributed by atoms with Gasteiger partial charge in [-0.3, -0.25) is 0 Å². The van der Waals surface area contributed by atoms with Gasteiger partial charge in [-0.05, 0) is 0 Å². The first-order chi connectivity index (χ1) is 10.3. The van der Waals surface area contributed by atoms with E-state index in [2.05, 4.69) is 8.01 Å². The van der Waals surface area contributed by atoms with E-state index in [0.29, 0.717) is 0 Å². The fraction of sp³-hybridized carbons (Fsp3) is 0.938. The Morgan fingerprint density at radius 3 is 2.23 bits per heavy atom. The predicted octanol–water partition coefficient (Wildman–Crippen LogP) is 2.82. The van der Waals surface area contributed by atoms with Gasteiger partial charge < -0.3 is 0 Å². The Morgan fingerprint density at radius 2 is 1.73 bits per heavy atom. The first-order valence-electron chi connectivity index (χ1n) is 8.46. The number of rotatable bonds is 4. The SMILES string of the molecule is CC(C)(C)OC(=O)[IH]N1CCN(C2(CN)CCCCC2)CC1. The molecule has 5 nitrogen and oxygen atoms in total. The molecule has 0 bridgehead atoms. The number of nitrogens with zero attached hydrogens (tertiary/aromatic N) is 2. The van der Waals surface area contributed by atoms with E-state index in [-0.39, 0.29) is 15.1 Å². The van der Waals surface area contributed by atoms with Gasteiger partial charge in [-0.1, -0.05) is 0 Å². The van der Waals surface area contributed by atoms with Crippen LogP contribution in [0.4, 0.5) is 4.79 Å². The second-order valence-electron chi connectivity index (χ2n) is 7.46. The first kappa shape index (κ1) is 18.4. The van der Waals surface area contributed by atoms with Gasteiger partial charge in [0, 0.05) is 0 Å². The molecule has 0 aromatic heterocycles. The number of ether oxygens (including phenoxy) is 1. The second kappa shape index (κ2) is 7.77. The number of halogens is 1. The van der Waals surface area contributed by atoms with E-state index in [0.717, 1.165) is 32.7 Å². The molecule has 1 heterocycles. The van der Waals surface area contributed by atoms with Crippen molar-refractivity contribution in [2.45, 2.75) is 64.0 Å². The summed E-state index contributed by atoms with van der Waals surface area (Å²) >= 11 is -0.865. The molecule has 22 heavy (non-hydrogen) atoms. The molecule has 0 aromatic rings. The maximum absolute atomic E-state index is 12.0. The van der Waals surface area contributed by atoms with Crippen molar-refractivity contribution >= 4 is 25.5 Å². The molecule has 0 atom stereocenters. The van der Waals surface area contributed by atoms with E-state index < -0.39 is 21.5 Å². The van der Waals surface area contributed by atoms with Crippen molar-refractivity contribution in [1.82, 2.24) is 8.01 Å². The summed E-state index contributed by atoms with van der Waals surface area (Å²) in [6.45, 7) is 10.6. The van der Waals surface area contributed by atoms with Crippen LogP contribution in [0.15, 0.2) is 0 Å². The fourth-order valence-electron chi connectivity index (χ4n) is 3.49. The van der Waals surface area contributed by atoms with E-state index in [4.69, 9.17) is 10.5 Å². The van der Waals surface area contributed by atoms with Gasteiger partial charge in [0.2, 0.25) is 0 Å². The molecule has 2 rings (SSSR count). The number of hydrogen-bond acceptors (Lipinski definition) is 5. The Balaban J connectivity index is 1.81. The Kier molecular flexibility index (Phi) is 6.50. The van der Waals surface area contributed by atoms with E-state index >= 15 is 0 Å². The minimum atomic E-state index is -0.865. The topological polar surface area (TPSA) is 58.8 Å². The van der Waals surface area contributed by atoms with Crippen molar-refractivity contribution in [2.75, 3.05) is 32.7 Å². The maximum atomic E-state index is 12.0. The summed E-state index contributed by atoms with van der Waals surface area (Å²) in [6, 6.07) is 0. The third-order valence-electron chi connectivity index (χ3n) is 4.67. The van der Waals surface area contributed by atoms with Crippen molar-refractivity contribution in [1.29, 1.82) is 0 Å². The van der Waals surface area contributed by atoms with Gasteiger partial charge >= 0.3 is 145 Å². The van der Waals surface area contributed by atoms with Gasteiger partial charge in [0.1, 0.15) is 0 Å². The molecule has 0 radical (unpaired) electrons. The van der Waals surface area contributed by atoms with Crippen LogP contribution in [0.3, 0.4) is 0 Å². The van der Waals surface area contributed by atoms with Crippen LogP contribution in [0.1, 0.15) is 52.9 Å². The molecule has 1 saturated heterocycles. The van der Waals surface area contributed by atoms with Crippen molar-refractivity contribution in [2.24, 2.45) is 5.73 Å². The summed E-state index contributed by atoms with van der Waals surface area (Å²) < 4.78 is 7.82. The summed E-state index contributed by atoms with van der Waals surface area (Å²) in [5.41, 5.74) is 6.00. The van der Waals surface area contributed by atoms with Crippen molar-refractivity contribution < 1.29 is 9.53 Å². The number of carbonyl (C=O) groups is 1. The van der Waals surface area contributed by atoms with Crippen LogP contribution in [-0.2, 0) is 4.74 Å². The van der Waals surface area contributed by atoms with Gasteiger partial charge in [0.25, 0.3) is 0 Å². The van der Waals surface area contributed by atoms with Gasteiger partial charge in [0.05, 0.1) is 0 Å². The summed E-state index contributed by atoms with van der Waals surface area (Å²) in [7, 11) is 0. The fourth-order valence-corrected chi connectivity index (χ4v) is 5.90. The second-order valence-corrected chi connectivity index (χ2v) is 10.4. The monoisotopic (exact) mass is 425 g/mol. The Hall–Kier alpha value is 0.0800. The summed E-state index contributed by atoms with van der Waals surface area (Å²) in [5, 5.41) is 0. The Morgan fingerprint density at radius 1 is 1.14 bits per heavy atom. The molecule has 1 aliphatic heterocycles. The molecule has 0 spiro atoms. The van der Waals surface area contributed by atoms with Crippen molar-refractivity contribution in [3.8, 4) is 0 Å². The van der Waals surface area contributed by atoms with Crippen LogP contribution < -0.4 is 5.73 Å². The molecule has 1 saturated carbocycles. The third kappa shape index (κ3) is 5.04. The van der Waals surface area contributed by atoms with Crippen LogP contribution in [0, 0.1) is 0 Å². The average molecular weight is 425 g/mol. The standard InChI is InChI=1S/C16H32IN3O2/c1-15(2,3)22-14(21)17-20-11-9-19(10-12-20)16(13-18)7-5-4-6-8-16/h17H,4-13,18H2,1-3H3. The molecule has 0 aromatic carbocycles. The molecule has 2 fully saturated rings. The normalized spacial score (nSPS) is 24.4. The van der Waals surface area contributed by atoms with Crippen LogP contribution in [-0.4, -0.2) is 55.9 Å². The van der Waals surface area contributed by atoms with Crippen molar-refractivity contribution in [3.63, 3.8) is 0 Å². The number of piperazine rings is 1. The summed E-state index contributed by atoms with van der Waals surface area (Å²) in [5.74, 6) is 0. The van der Waals surface area contributed by atoms with Crippen LogP contribution in [0.2, 0.25) is 0 Å². The zero-order valence-corrected chi connectivity index (χ0v) is 16.6. The predicted molar refractivity (Wildman–Crippen MR) is 99.7 cm³/mol. The number of nitrogens with two attached hydrogens (primary N) is 1. The first-order valence-corrected chi connectivity index (χ1v) is 10.7. The average Bonchev–Trinajstić information content (AvgIpc) is 2.46. The van der Waals surface area contributed by atoms with Gasteiger partial charge in [0.15, 0.2) is 0 Å². The number of carbonyl (C=O) groups excluding carboxylic acids is 1. The molecule has 6 heteroatoms. The summed E-state index contributed by atoms with van der Waals surface area (Å²) in [4.78, 5) is 14.6. The molecular weight excluding hydrogens is 393 g/mol. The van der Waals surface area contributed by atoms with Crippen LogP contribution in [0.5, 0.6) is 0 Å². The molecule has 0 amide bonds. The number of hydrogen-bond donors (Lipinski definition) is 1. The van der Waals surface area contributed by atoms with Crippen LogP contribution >= 0.6 is 21.5 Å². The molecule has 130 valence electrons. The Bertz CT molecular complexity index is 370. The molecule has 2 aliphatic rings. The zero-order valence-electron chi connectivity index (χ0n) is 14.3. The van der Waals surface area contributed by atoms with E-state index in [1.54, 1.807) is 0 Å². The van der Waals surface area contributed by atoms with Gasteiger partial charge in [-0.2, -0.15) is 0 Å². The van der Waals surface area contributed by atoms with Crippen molar-refractivity contribution in [3.05, 3.63) is 0 Å². The van der Waals surface area contributed by atoms with E-state index in [1.807, 2.05) is 20.8 Å². The minimum absolute atomic E-state index is 0.0116. The van der Waals surface area contributed by atoms with Crippen LogP contribution in [0.25, 0.3) is 0 Å². The zero-order chi connectivity index (χ0) is 16.2. The molecule has 0 unspecified atom stereocenters. The van der Waals surface area contributed by atoms with Gasteiger partial charge in [-0.25, -0.2) is 0 Å². The molecule has 1 aliphatic carbocycles. The van der Waals surface area contributed by atoms with E-state index in [9.17, 15) is 4.79 Å². The Labute approximate surface area is 145 Å². The molecule has 2 N–H and O–H groups in total. The molecular formula is C16H32IN3O2. The van der Waals surface area contributed by atoms with Gasteiger partial charge in [-0.15, -0.1) is 0 Å². The van der Waals surface area contributed by atoms with E-state index in [1.165, 1.54) is 32.1 Å². The quantitative estimate of drug-likeness (QED) is 0.427. The third-order valence-corrected chi connectivity index (χ3v) is 7.11. The summed E-state index contributed by atoms with van der Waals surface area (Å²) in [6.07, 6.45) is 6.46.